The average Bonchev–Trinajstić information content (AvgIpc) is 3.17. The number of imidazole rings is 1. The Labute approximate surface area is 179 Å². The Hall–Kier alpha value is -3.50. The van der Waals surface area contributed by atoms with E-state index in [-0.39, 0.29) is 21.1 Å². The van der Waals surface area contributed by atoms with Gasteiger partial charge in [-0.3, -0.25) is 9.69 Å². The number of para-hydroxylation sites is 2. The van der Waals surface area contributed by atoms with Crippen LogP contribution in [-0.2, 0) is 11.8 Å². The van der Waals surface area contributed by atoms with Gasteiger partial charge in [0.25, 0.3) is 5.91 Å². The number of benzene rings is 2. The number of fused-ring (bicyclic) bond motifs is 1. The number of hydrogen-bond acceptors (Lipinski definition) is 6. The van der Waals surface area contributed by atoms with E-state index in [1.54, 1.807) is 6.08 Å². The molecule has 150 valence electrons. The van der Waals surface area contributed by atoms with Crippen molar-refractivity contribution >= 4 is 68.9 Å². The van der Waals surface area contributed by atoms with Gasteiger partial charge < -0.3 is 14.8 Å². The van der Waals surface area contributed by atoms with Crippen LogP contribution in [0.4, 0.5) is 5.69 Å². The zero-order valence-electron chi connectivity index (χ0n) is 15.4. The van der Waals surface area contributed by atoms with E-state index in [1.165, 1.54) is 12.1 Å². The van der Waals surface area contributed by atoms with E-state index in [9.17, 15) is 24.6 Å². The highest BCUT2D eigenvalue weighted by atomic mass is 32.2. The lowest BCUT2D eigenvalue weighted by Crippen LogP contribution is -2.28. The van der Waals surface area contributed by atoms with Gasteiger partial charge in [-0.25, -0.2) is 14.6 Å². The molecule has 0 atom stereocenters. The number of nitrogens with zero attached hydrogens (tertiary/aromatic N) is 3. The molecule has 1 aliphatic rings. The number of carbonyl (C=O) groups excluding carboxylic acids is 1. The van der Waals surface area contributed by atoms with Crippen LogP contribution in [0.3, 0.4) is 0 Å². The first-order valence-corrected chi connectivity index (χ1v) is 9.80. The molecule has 1 saturated heterocycles. The summed E-state index contributed by atoms with van der Waals surface area (Å²) in [4.78, 5) is 41.7. The molecule has 10 heteroatoms. The summed E-state index contributed by atoms with van der Waals surface area (Å²) >= 11 is 6.35. The third-order valence-electron chi connectivity index (χ3n) is 4.55. The van der Waals surface area contributed by atoms with Gasteiger partial charge in [-0.05, 0) is 30.3 Å². The van der Waals surface area contributed by atoms with Gasteiger partial charge in [-0.2, -0.15) is 0 Å². The Kier molecular flexibility index (Phi) is 4.88. The van der Waals surface area contributed by atoms with Crippen molar-refractivity contribution in [1.29, 1.82) is 0 Å². The summed E-state index contributed by atoms with van der Waals surface area (Å²) in [5.41, 5.74) is 1.27. The molecule has 0 bridgehead atoms. The molecule has 0 radical (unpaired) electrons. The van der Waals surface area contributed by atoms with Gasteiger partial charge >= 0.3 is 11.9 Å². The maximum absolute atomic E-state index is 13.0. The molecule has 1 aromatic heterocycles. The molecule has 4 rings (SSSR count). The molecule has 8 nitrogen and oxygen atoms in total. The van der Waals surface area contributed by atoms with Crippen LogP contribution in [0.1, 0.15) is 26.5 Å². The molecular weight excluding hydrogens is 426 g/mol. The number of thioether (sulfide) groups is 1. The van der Waals surface area contributed by atoms with Crippen LogP contribution in [0.15, 0.2) is 47.4 Å². The zero-order valence-corrected chi connectivity index (χ0v) is 17.0. The number of aryl methyl sites for hydroxylation is 1. The number of amides is 1. The first-order chi connectivity index (χ1) is 14.3. The number of thiocarbonyl (C=S) groups is 1. The molecule has 0 unspecified atom stereocenters. The van der Waals surface area contributed by atoms with E-state index in [2.05, 4.69) is 4.98 Å². The fourth-order valence-corrected chi connectivity index (χ4v) is 4.36. The van der Waals surface area contributed by atoms with E-state index in [0.717, 1.165) is 33.8 Å². The monoisotopic (exact) mass is 439 g/mol. The van der Waals surface area contributed by atoms with Crippen LogP contribution in [0.25, 0.3) is 17.1 Å². The highest BCUT2D eigenvalue weighted by molar-refractivity contribution is 8.27. The maximum atomic E-state index is 13.0. The molecule has 2 N–H and O–H groups in total. The third kappa shape index (κ3) is 3.36. The van der Waals surface area contributed by atoms with Crippen molar-refractivity contribution in [3.63, 3.8) is 0 Å². The molecule has 3 aromatic rings. The Morgan fingerprint density at radius 3 is 2.33 bits per heavy atom. The lowest BCUT2D eigenvalue weighted by molar-refractivity contribution is -0.113. The van der Waals surface area contributed by atoms with Crippen molar-refractivity contribution in [1.82, 2.24) is 9.55 Å². The molecule has 2 aromatic carbocycles. The topological polar surface area (TPSA) is 113 Å². The van der Waals surface area contributed by atoms with Crippen LogP contribution in [0, 0.1) is 0 Å². The summed E-state index contributed by atoms with van der Waals surface area (Å²) in [5, 5.41) is 18.6. The second-order valence-electron chi connectivity index (χ2n) is 6.41. The first kappa shape index (κ1) is 19.8. The number of aromatic carboxylic acids is 2. The molecule has 2 heterocycles. The van der Waals surface area contributed by atoms with Crippen LogP contribution in [-0.4, -0.2) is 41.9 Å². The number of rotatable bonds is 4. The molecule has 1 fully saturated rings. The van der Waals surface area contributed by atoms with Crippen molar-refractivity contribution < 1.29 is 24.6 Å². The summed E-state index contributed by atoms with van der Waals surface area (Å²) in [6.45, 7) is 0. The van der Waals surface area contributed by atoms with E-state index in [0.29, 0.717) is 10.7 Å². The summed E-state index contributed by atoms with van der Waals surface area (Å²) < 4.78 is 2.01. The van der Waals surface area contributed by atoms with E-state index in [4.69, 9.17) is 12.2 Å². The van der Waals surface area contributed by atoms with E-state index < -0.39 is 17.8 Å². The lowest BCUT2D eigenvalue weighted by Gasteiger charge is -2.16. The number of carbonyl (C=O) groups is 3. The third-order valence-corrected chi connectivity index (χ3v) is 5.85. The average molecular weight is 439 g/mol. The van der Waals surface area contributed by atoms with Gasteiger partial charge in [-0.1, -0.05) is 36.1 Å². The molecule has 0 saturated carbocycles. The summed E-state index contributed by atoms with van der Waals surface area (Å²) in [6.07, 6.45) is 1.61. The molecule has 0 spiro atoms. The van der Waals surface area contributed by atoms with E-state index >= 15 is 0 Å². The minimum Gasteiger partial charge on any atom is -0.478 e. The Morgan fingerprint density at radius 2 is 1.73 bits per heavy atom. The predicted octanol–water partition coefficient (Wildman–Crippen LogP) is 3.38. The normalized spacial score (nSPS) is 15.4. The quantitative estimate of drug-likeness (QED) is 0.470. The lowest BCUT2D eigenvalue weighted by atomic mass is 10.1. The fraction of sp³-hybridized carbons (Fsp3) is 0.0500. The summed E-state index contributed by atoms with van der Waals surface area (Å²) in [5.74, 6) is -2.53. The van der Waals surface area contributed by atoms with Crippen molar-refractivity contribution in [2.75, 3.05) is 4.90 Å². The Balaban J connectivity index is 1.76. The molecular formula is C20H13N3O5S2. The van der Waals surface area contributed by atoms with Crippen LogP contribution < -0.4 is 4.90 Å². The minimum absolute atomic E-state index is 0.0863. The number of carboxylic acid groups (broad SMARTS) is 2. The number of carboxylic acids is 2. The van der Waals surface area contributed by atoms with Gasteiger partial charge in [-0.15, -0.1) is 0 Å². The SMILES string of the molecule is Cn1c(/C=C2/SC(=S)N(c3cc(C(=O)O)cc(C(=O)O)c3)C2=O)nc2ccccc21. The van der Waals surface area contributed by atoms with Gasteiger partial charge in [0.2, 0.25) is 0 Å². The highest BCUT2D eigenvalue weighted by Gasteiger charge is 2.34. The predicted molar refractivity (Wildman–Crippen MR) is 117 cm³/mol. The number of aromatic nitrogens is 2. The van der Waals surface area contributed by atoms with Gasteiger partial charge in [0, 0.05) is 13.1 Å². The van der Waals surface area contributed by atoms with Crippen molar-refractivity contribution in [3.05, 3.63) is 64.3 Å². The van der Waals surface area contributed by atoms with Crippen LogP contribution in [0.5, 0.6) is 0 Å². The minimum atomic E-state index is -1.31. The van der Waals surface area contributed by atoms with Crippen LogP contribution >= 0.6 is 24.0 Å². The Bertz CT molecular complexity index is 1260. The summed E-state index contributed by atoms with van der Waals surface area (Å²) in [6, 6.07) is 11.0. The van der Waals surface area contributed by atoms with Crippen molar-refractivity contribution in [2.24, 2.45) is 7.05 Å². The Morgan fingerprint density at radius 1 is 1.10 bits per heavy atom. The van der Waals surface area contributed by atoms with Crippen LogP contribution in [0.2, 0.25) is 0 Å². The number of anilines is 1. The van der Waals surface area contributed by atoms with Gasteiger partial charge in [0.1, 0.15) is 5.82 Å². The second kappa shape index (κ2) is 7.39. The van der Waals surface area contributed by atoms with Crippen molar-refractivity contribution in [2.45, 2.75) is 0 Å². The fourth-order valence-electron chi connectivity index (χ4n) is 3.09. The molecule has 1 amide bonds. The maximum Gasteiger partial charge on any atom is 0.335 e. The second-order valence-corrected chi connectivity index (χ2v) is 8.09. The molecule has 1 aliphatic heterocycles. The number of hydrogen-bond donors (Lipinski definition) is 2. The first-order valence-electron chi connectivity index (χ1n) is 8.57. The smallest absolute Gasteiger partial charge is 0.335 e. The zero-order chi connectivity index (χ0) is 21.6. The standard InChI is InChI=1S/C20H13N3O5S2/c1-22-14-5-3-2-4-13(14)21-16(22)9-15-17(24)23(20(29)30-15)12-7-10(18(25)26)6-11(8-12)19(27)28/h2-9H,1H3,(H,25,26)(H,27,28)/b15-9+. The molecule has 30 heavy (non-hydrogen) atoms. The van der Waals surface area contributed by atoms with Gasteiger partial charge in [0.05, 0.1) is 32.8 Å². The van der Waals surface area contributed by atoms with E-state index in [1.807, 2.05) is 35.9 Å². The van der Waals surface area contributed by atoms with Gasteiger partial charge in [0.15, 0.2) is 4.32 Å². The van der Waals surface area contributed by atoms with Crippen molar-refractivity contribution in [3.8, 4) is 0 Å². The molecule has 0 aliphatic carbocycles. The highest BCUT2D eigenvalue weighted by Crippen LogP contribution is 2.37. The summed E-state index contributed by atoms with van der Waals surface area (Å²) in [7, 11) is 1.83. The largest absolute Gasteiger partial charge is 0.478 e.